The minimum absolute atomic E-state index is 0.0138. The van der Waals surface area contributed by atoms with Crippen molar-refractivity contribution in [2.45, 2.75) is 44.4 Å². The zero-order valence-electron chi connectivity index (χ0n) is 10.7. The fraction of sp³-hybridized carbons (Fsp3) is 0.692. The van der Waals surface area contributed by atoms with Crippen LogP contribution in [0.25, 0.3) is 0 Å². The topological polar surface area (TPSA) is 55.0 Å². The van der Waals surface area contributed by atoms with E-state index in [1.165, 1.54) is 25.7 Å². The van der Waals surface area contributed by atoms with Gasteiger partial charge in [-0.15, -0.1) is 0 Å². The summed E-state index contributed by atoms with van der Waals surface area (Å²) in [6.45, 7) is 0.703. The number of rotatable bonds is 5. The number of aromatic nitrogens is 2. The Hall–Kier alpha value is -0.430. The lowest BCUT2D eigenvalue weighted by molar-refractivity contribution is 0.194. The number of aromatic amines is 1. The number of nitrogens with one attached hydrogen (secondary N) is 1. The number of halogens is 1. The Morgan fingerprint density at radius 2 is 2.17 bits per heavy atom. The summed E-state index contributed by atoms with van der Waals surface area (Å²) in [6.07, 6.45) is 6.53. The van der Waals surface area contributed by atoms with Gasteiger partial charge >= 0.3 is 0 Å². The summed E-state index contributed by atoms with van der Waals surface area (Å²) < 4.78 is 5.80. The quantitative estimate of drug-likeness (QED) is 0.647. The first-order valence-corrected chi connectivity index (χ1v) is 7.57. The summed E-state index contributed by atoms with van der Waals surface area (Å²) in [5, 5.41) is 0. The third-order valence-corrected chi connectivity index (χ3v) is 4.48. The van der Waals surface area contributed by atoms with E-state index in [0.29, 0.717) is 12.5 Å². The lowest BCUT2D eigenvalue weighted by atomic mass is 10.0. The average molecular weight is 362 g/mol. The molecule has 1 aromatic rings. The van der Waals surface area contributed by atoms with Gasteiger partial charge in [-0.2, -0.15) is 0 Å². The van der Waals surface area contributed by atoms with Crippen molar-refractivity contribution in [2.24, 2.45) is 0 Å². The third kappa shape index (κ3) is 3.32. The van der Waals surface area contributed by atoms with Gasteiger partial charge in [-0.3, -0.25) is 4.79 Å². The lowest BCUT2D eigenvalue weighted by Crippen LogP contribution is -2.19. The maximum atomic E-state index is 11.9. The molecule has 100 valence electrons. The van der Waals surface area contributed by atoms with E-state index < -0.39 is 0 Å². The molecule has 0 atom stereocenters. The number of ether oxygens (including phenoxy) is 1. The van der Waals surface area contributed by atoms with E-state index in [9.17, 15) is 4.79 Å². The van der Waals surface area contributed by atoms with Gasteiger partial charge in [0.2, 0.25) is 0 Å². The van der Waals surface area contributed by atoms with Gasteiger partial charge in [0.25, 0.3) is 5.56 Å². The van der Waals surface area contributed by atoms with Crippen molar-refractivity contribution < 1.29 is 4.74 Å². The number of hydrogen-bond donors (Lipinski definition) is 1. The first-order valence-electron chi connectivity index (χ1n) is 6.50. The number of methoxy groups -OCH3 is 1. The minimum atomic E-state index is 0.0138. The smallest absolute Gasteiger partial charge is 0.264 e. The van der Waals surface area contributed by atoms with Crippen LogP contribution >= 0.6 is 22.6 Å². The van der Waals surface area contributed by atoms with Crippen molar-refractivity contribution in [1.29, 1.82) is 0 Å². The van der Waals surface area contributed by atoms with Gasteiger partial charge in [-0.05, 0) is 41.9 Å². The Bertz CT molecular complexity index is 453. The molecular weight excluding hydrogens is 343 g/mol. The van der Waals surface area contributed by atoms with Crippen LogP contribution in [0.1, 0.15) is 49.5 Å². The molecule has 1 N–H and O–H groups in total. The molecule has 18 heavy (non-hydrogen) atoms. The summed E-state index contributed by atoms with van der Waals surface area (Å²) in [5.41, 5.74) is 1.03. The number of H-pyrrole nitrogens is 1. The van der Waals surface area contributed by atoms with Crippen LogP contribution in [0.4, 0.5) is 0 Å². The summed E-state index contributed by atoms with van der Waals surface area (Å²) >= 11 is 2.13. The molecule has 1 aliphatic carbocycles. The van der Waals surface area contributed by atoms with Crippen molar-refractivity contribution in [3.05, 3.63) is 25.4 Å². The SMILES string of the molecule is COCCCc1nc(C2CCCC2)c(I)c(=O)[nH]1. The molecule has 5 heteroatoms. The molecule has 2 rings (SSSR count). The summed E-state index contributed by atoms with van der Waals surface area (Å²) in [6, 6.07) is 0. The monoisotopic (exact) mass is 362 g/mol. The third-order valence-electron chi connectivity index (χ3n) is 3.44. The summed E-state index contributed by atoms with van der Waals surface area (Å²) in [4.78, 5) is 19.5. The van der Waals surface area contributed by atoms with E-state index in [0.717, 1.165) is 27.9 Å². The fourth-order valence-corrected chi connectivity index (χ4v) is 3.19. The molecule has 0 unspecified atom stereocenters. The highest BCUT2D eigenvalue weighted by Crippen LogP contribution is 2.34. The highest BCUT2D eigenvalue weighted by Gasteiger charge is 2.22. The van der Waals surface area contributed by atoms with E-state index in [2.05, 4.69) is 32.6 Å². The van der Waals surface area contributed by atoms with Crippen LogP contribution < -0.4 is 5.56 Å². The Morgan fingerprint density at radius 3 is 2.83 bits per heavy atom. The second kappa shape index (κ2) is 6.65. The van der Waals surface area contributed by atoms with Gasteiger partial charge in [-0.25, -0.2) is 4.98 Å². The number of aryl methyl sites for hydroxylation is 1. The molecule has 0 aliphatic heterocycles. The van der Waals surface area contributed by atoms with Crippen LogP contribution in [-0.4, -0.2) is 23.7 Å². The van der Waals surface area contributed by atoms with E-state index in [1.54, 1.807) is 7.11 Å². The van der Waals surface area contributed by atoms with Gasteiger partial charge in [-0.1, -0.05) is 12.8 Å². The van der Waals surface area contributed by atoms with Gasteiger partial charge in [0.15, 0.2) is 0 Å². The number of nitrogens with zero attached hydrogens (tertiary/aromatic N) is 1. The van der Waals surface area contributed by atoms with Crippen molar-refractivity contribution in [3.63, 3.8) is 0 Å². The Kier molecular flexibility index (Phi) is 5.17. The zero-order valence-corrected chi connectivity index (χ0v) is 12.8. The normalized spacial score (nSPS) is 16.3. The van der Waals surface area contributed by atoms with Gasteiger partial charge in [0.1, 0.15) is 5.82 Å². The molecule has 0 spiro atoms. The molecule has 0 bridgehead atoms. The van der Waals surface area contributed by atoms with E-state index in [4.69, 9.17) is 4.74 Å². The maximum absolute atomic E-state index is 11.9. The predicted octanol–water partition coefficient (Wildman–Crippen LogP) is 2.61. The molecular formula is C13H19IN2O2. The standard InChI is InChI=1S/C13H19IN2O2/c1-18-8-4-7-10-15-12(9-5-2-3-6-9)11(14)13(17)16-10/h9H,2-8H2,1H3,(H,15,16,17). The van der Waals surface area contributed by atoms with Crippen LogP contribution in [0.15, 0.2) is 4.79 Å². The van der Waals surface area contributed by atoms with Crippen LogP contribution in [0.3, 0.4) is 0 Å². The largest absolute Gasteiger partial charge is 0.385 e. The van der Waals surface area contributed by atoms with Crippen LogP contribution in [0.2, 0.25) is 0 Å². The predicted molar refractivity (Wildman–Crippen MR) is 79.0 cm³/mol. The Balaban J connectivity index is 2.19. The maximum Gasteiger partial charge on any atom is 0.264 e. The second-order valence-corrected chi connectivity index (χ2v) is 5.87. The van der Waals surface area contributed by atoms with Crippen molar-refractivity contribution in [2.75, 3.05) is 13.7 Å². The van der Waals surface area contributed by atoms with Gasteiger partial charge in [0, 0.05) is 26.1 Å². The van der Waals surface area contributed by atoms with Crippen LogP contribution in [-0.2, 0) is 11.2 Å². The van der Waals surface area contributed by atoms with Crippen LogP contribution in [0, 0.1) is 3.57 Å². The zero-order chi connectivity index (χ0) is 13.0. The summed E-state index contributed by atoms with van der Waals surface area (Å²) in [7, 11) is 1.69. The molecule has 1 aromatic heterocycles. The molecule has 1 fully saturated rings. The molecule has 0 amide bonds. The summed E-state index contributed by atoms with van der Waals surface area (Å²) in [5.74, 6) is 1.29. The van der Waals surface area contributed by atoms with Crippen LogP contribution in [0.5, 0.6) is 0 Å². The first-order chi connectivity index (χ1) is 8.72. The molecule has 1 saturated carbocycles. The van der Waals surface area contributed by atoms with Crippen molar-refractivity contribution in [3.8, 4) is 0 Å². The van der Waals surface area contributed by atoms with Gasteiger partial charge in [0.05, 0.1) is 9.26 Å². The lowest BCUT2D eigenvalue weighted by Gasteiger charge is -2.12. The van der Waals surface area contributed by atoms with Crippen molar-refractivity contribution >= 4 is 22.6 Å². The van der Waals surface area contributed by atoms with E-state index in [-0.39, 0.29) is 5.56 Å². The highest BCUT2D eigenvalue weighted by atomic mass is 127. The van der Waals surface area contributed by atoms with E-state index >= 15 is 0 Å². The molecule has 4 nitrogen and oxygen atoms in total. The number of hydrogen-bond acceptors (Lipinski definition) is 3. The molecule has 1 aliphatic rings. The highest BCUT2D eigenvalue weighted by molar-refractivity contribution is 14.1. The second-order valence-electron chi connectivity index (χ2n) is 4.79. The average Bonchev–Trinajstić information content (AvgIpc) is 2.87. The van der Waals surface area contributed by atoms with Gasteiger partial charge < -0.3 is 9.72 Å². The Labute approximate surface area is 121 Å². The molecule has 1 heterocycles. The fourth-order valence-electron chi connectivity index (χ4n) is 2.50. The molecule has 0 radical (unpaired) electrons. The molecule has 0 aromatic carbocycles. The minimum Gasteiger partial charge on any atom is -0.385 e. The van der Waals surface area contributed by atoms with Crippen molar-refractivity contribution in [1.82, 2.24) is 9.97 Å². The van der Waals surface area contributed by atoms with E-state index in [1.807, 2.05) is 0 Å². The first kappa shape index (κ1) is 14.0. The Morgan fingerprint density at radius 1 is 1.44 bits per heavy atom. The molecule has 0 saturated heterocycles.